The molecule has 0 aliphatic rings. The summed E-state index contributed by atoms with van der Waals surface area (Å²) in [6.07, 6.45) is 1.59. The first-order chi connectivity index (χ1) is 9.15. The van der Waals surface area contributed by atoms with E-state index in [1.54, 1.807) is 17.9 Å². The lowest BCUT2D eigenvalue weighted by atomic mass is 10.3. The van der Waals surface area contributed by atoms with Crippen LogP contribution in [0.2, 0.25) is 0 Å². The van der Waals surface area contributed by atoms with E-state index in [2.05, 4.69) is 20.2 Å². The van der Waals surface area contributed by atoms with Crippen molar-refractivity contribution in [2.45, 2.75) is 6.92 Å². The van der Waals surface area contributed by atoms with E-state index < -0.39 is 0 Å². The number of aryl methyl sites for hydroxylation is 2. The first-order valence-electron chi connectivity index (χ1n) is 5.71. The van der Waals surface area contributed by atoms with Crippen molar-refractivity contribution in [3.05, 3.63) is 30.1 Å². The minimum Gasteiger partial charge on any atom is -0.383 e. The molecular weight excluding hydrogens is 244 g/mol. The molecule has 0 aromatic carbocycles. The van der Waals surface area contributed by atoms with Crippen molar-refractivity contribution >= 4 is 5.82 Å². The Morgan fingerprint density at radius 1 is 1.26 bits per heavy atom. The molecule has 0 aliphatic carbocycles. The molecule has 96 valence electrons. The lowest BCUT2D eigenvalue weighted by molar-refractivity contribution is 0.432. The van der Waals surface area contributed by atoms with E-state index in [0.717, 1.165) is 5.69 Å². The van der Waals surface area contributed by atoms with Crippen LogP contribution in [0.4, 0.5) is 5.82 Å². The zero-order valence-corrected chi connectivity index (χ0v) is 10.5. The minimum absolute atomic E-state index is 0.337. The lowest BCUT2D eigenvalue weighted by Crippen LogP contribution is -1.98. The van der Waals surface area contributed by atoms with Crippen LogP contribution in [0.25, 0.3) is 23.0 Å². The number of hydrogen-bond acceptors (Lipinski definition) is 6. The van der Waals surface area contributed by atoms with Crippen LogP contribution in [0.1, 0.15) is 5.69 Å². The fourth-order valence-electron chi connectivity index (χ4n) is 1.72. The van der Waals surface area contributed by atoms with Crippen LogP contribution < -0.4 is 5.73 Å². The zero-order chi connectivity index (χ0) is 13.4. The van der Waals surface area contributed by atoms with E-state index in [0.29, 0.717) is 28.8 Å². The van der Waals surface area contributed by atoms with Crippen molar-refractivity contribution in [2.24, 2.45) is 7.05 Å². The third-order valence-electron chi connectivity index (χ3n) is 2.76. The highest BCUT2D eigenvalue weighted by Crippen LogP contribution is 2.25. The fraction of sp³-hybridized carbons (Fsp3) is 0.167. The second-order valence-electron chi connectivity index (χ2n) is 4.15. The maximum atomic E-state index is 5.86. The number of rotatable bonds is 2. The highest BCUT2D eigenvalue weighted by molar-refractivity contribution is 5.67. The topological polar surface area (TPSA) is 95.7 Å². The van der Waals surface area contributed by atoms with Crippen LogP contribution in [-0.2, 0) is 7.05 Å². The van der Waals surface area contributed by atoms with E-state index in [1.165, 1.54) is 0 Å². The number of nitrogens with two attached hydrogens (primary N) is 1. The van der Waals surface area contributed by atoms with Gasteiger partial charge in [-0.2, -0.15) is 10.1 Å². The number of pyridine rings is 1. The van der Waals surface area contributed by atoms with Gasteiger partial charge in [0.2, 0.25) is 5.82 Å². The predicted molar refractivity (Wildman–Crippen MR) is 68.9 cm³/mol. The molecule has 19 heavy (non-hydrogen) atoms. The Morgan fingerprint density at radius 2 is 2.11 bits per heavy atom. The summed E-state index contributed by atoms with van der Waals surface area (Å²) in [6, 6.07) is 5.63. The normalized spacial score (nSPS) is 10.8. The number of aromatic nitrogens is 5. The van der Waals surface area contributed by atoms with Gasteiger partial charge < -0.3 is 10.3 Å². The molecule has 0 atom stereocenters. The van der Waals surface area contributed by atoms with Gasteiger partial charge in [-0.05, 0) is 19.1 Å². The second kappa shape index (κ2) is 4.20. The summed E-state index contributed by atoms with van der Waals surface area (Å²) in [6.45, 7) is 1.91. The minimum atomic E-state index is 0.337. The molecule has 0 aliphatic heterocycles. The molecule has 0 saturated heterocycles. The van der Waals surface area contributed by atoms with Gasteiger partial charge in [-0.25, -0.2) is 4.98 Å². The molecule has 0 spiro atoms. The molecule has 0 amide bonds. The summed E-state index contributed by atoms with van der Waals surface area (Å²) >= 11 is 0. The van der Waals surface area contributed by atoms with Gasteiger partial charge in [0.25, 0.3) is 5.89 Å². The second-order valence-corrected chi connectivity index (χ2v) is 4.15. The molecule has 2 N–H and O–H groups in total. The molecule has 3 heterocycles. The summed E-state index contributed by atoms with van der Waals surface area (Å²) in [5, 5.41) is 7.95. The van der Waals surface area contributed by atoms with Crippen molar-refractivity contribution in [3.8, 4) is 23.0 Å². The van der Waals surface area contributed by atoms with Crippen molar-refractivity contribution in [2.75, 3.05) is 5.73 Å². The van der Waals surface area contributed by atoms with E-state index in [4.69, 9.17) is 10.3 Å². The van der Waals surface area contributed by atoms with Crippen molar-refractivity contribution < 1.29 is 4.52 Å². The maximum Gasteiger partial charge on any atom is 0.263 e. The van der Waals surface area contributed by atoms with Crippen molar-refractivity contribution in [1.29, 1.82) is 0 Å². The van der Waals surface area contributed by atoms with Crippen molar-refractivity contribution in [3.63, 3.8) is 0 Å². The molecule has 0 bridgehead atoms. The van der Waals surface area contributed by atoms with Gasteiger partial charge in [0.1, 0.15) is 17.1 Å². The Balaban J connectivity index is 2.02. The van der Waals surface area contributed by atoms with Gasteiger partial charge >= 0.3 is 0 Å². The molecule has 0 fully saturated rings. The third-order valence-corrected chi connectivity index (χ3v) is 2.76. The molecule has 7 nitrogen and oxygen atoms in total. The Morgan fingerprint density at radius 3 is 2.79 bits per heavy atom. The highest BCUT2D eigenvalue weighted by Gasteiger charge is 2.16. The summed E-state index contributed by atoms with van der Waals surface area (Å²) < 4.78 is 6.75. The summed E-state index contributed by atoms with van der Waals surface area (Å²) in [4.78, 5) is 8.63. The fourth-order valence-corrected chi connectivity index (χ4v) is 1.72. The molecule has 7 heteroatoms. The molecule has 3 aromatic rings. The Labute approximate surface area is 109 Å². The van der Waals surface area contributed by atoms with Crippen LogP contribution in [0.15, 0.2) is 28.9 Å². The van der Waals surface area contributed by atoms with Gasteiger partial charge in [0, 0.05) is 12.7 Å². The van der Waals surface area contributed by atoms with Crippen LogP contribution in [0.3, 0.4) is 0 Å². The number of nitrogens with zero attached hydrogens (tertiary/aromatic N) is 5. The summed E-state index contributed by atoms with van der Waals surface area (Å²) in [5.74, 6) is 1.25. The molecule has 0 radical (unpaired) electrons. The molecule has 0 unspecified atom stereocenters. The van der Waals surface area contributed by atoms with Crippen LogP contribution in [0, 0.1) is 6.92 Å². The molecular formula is C12H12N6O. The predicted octanol–water partition coefficient (Wildman–Crippen LogP) is 1.42. The average molecular weight is 256 g/mol. The summed E-state index contributed by atoms with van der Waals surface area (Å²) in [5.41, 5.74) is 8.04. The van der Waals surface area contributed by atoms with Gasteiger partial charge in [0.05, 0.1) is 6.20 Å². The zero-order valence-electron chi connectivity index (χ0n) is 10.5. The van der Waals surface area contributed by atoms with Crippen molar-refractivity contribution in [1.82, 2.24) is 24.9 Å². The van der Waals surface area contributed by atoms with Gasteiger partial charge in [-0.1, -0.05) is 11.2 Å². The van der Waals surface area contributed by atoms with E-state index >= 15 is 0 Å². The van der Waals surface area contributed by atoms with Crippen LogP contribution in [-0.4, -0.2) is 24.9 Å². The first-order valence-corrected chi connectivity index (χ1v) is 5.71. The number of nitrogen functional groups attached to an aromatic ring is 1. The Bertz CT molecular complexity index is 729. The number of hydrogen-bond donors (Lipinski definition) is 1. The average Bonchev–Trinajstić information content (AvgIpc) is 2.98. The quantitative estimate of drug-likeness (QED) is 0.745. The van der Waals surface area contributed by atoms with Crippen LogP contribution in [0.5, 0.6) is 0 Å². The molecule has 3 aromatic heterocycles. The van der Waals surface area contributed by atoms with Crippen LogP contribution >= 0.6 is 0 Å². The van der Waals surface area contributed by atoms with E-state index in [9.17, 15) is 0 Å². The Kier molecular flexibility index (Phi) is 2.52. The standard InChI is InChI=1S/C12H12N6O/c1-7-4-3-5-9(15-7)11-16-12(19-17-11)8-6-14-18(2)10(8)13/h3-6H,13H2,1-2H3. The molecule has 3 rings (SSSR count). The van der Waals surface area contributed by atoms with Gasteiger partial charge in [-0.15, -0.1) is 0 Å². The summed E-state index contributed by atoms with van der Waals surface area (Å²) in [7, 11) is 1.75. The van der Waals surface area contributed by atoms with Gasteiger partial charge in [0.15, 0.2) is 0 Å². The van der Waals surface area contributed by atoms with E-state index in [-0.39, 0.29) is 0 Å². The third kappa shape index (κ3) is 1.95. The smallest absolute Gasteiger partial charge is 0.263 e. The highest BCUT2D eigenvalue weighted by atomic mass is 16.5. The molecule has 0 saturated carbocycles. The number of anilines is 1. The Hall–Kier alpha value is -2.70. The lowest BCUT2D eigenvalue weighted by Gasteiger charge is -1.95. The SMILES string of the molecule is Cc1cccc(-c2noc(-c3cnn(C)c3N)n2)n1. The first kappa shape index (κ1) is 11.4. The monoisotopic (exact) mass is 256 g/mol. The van der Waals surface area contributed by atoms with Gasteiger partial charge in [-0.3, -0.25) is 4.68 Å². The largest absolute Gasteiger partial charge is 0.383 e. The van der Waals surface area contributed by atoms with E-state index in [1.807, 2.05) is 25.1 Å². The maximum absolute atomic E-state index is 5.86.